The van der Waals surface area contributed by atoms with Crippen molar-refractivity contribution in [3.63, 3.8) is 0 Å². The quantitative estimate of drug-likeness (QED) is 0.801. The van der Waals surface area contributed by atoms with Gasteiger partial charge in [0.2, 0.25) is 0 Å². The van der Waals surface area contributed by atoms with Gasteiger partial charge in [0.1, 0.15) is 5.69 Å². The zero-order chi connectivity index (χ0) is 17.3. The lowest BCUT2D eigenvalue weighted by atomic mass is 10.2. The van der Waals surface area contributed by atoms with Crippen molar-refractivity contribution in [1.82, 2.24) is 10.3 Å². The minimum Gasteiger partial charge on any atom is -0.448 e. The smallest absolute Gasteiger partial charge is 0.355 e. The number of aromatic nitrogens is 1. The first-order valence-electron chi connectivity index (χ1n) is 7.63. The van der Waals surface area contributed by atoms with Crippen molar-refractivity contribution in [2.45, 2.75) is 25.5 Å². The van der Waals surface area contributed by atoms with E-state index in [0.717, 1.165) is 10.9 Å². The lowest BCUT2D eigenvalue weighted by molar-refractivity contribution is -0.129. The molecule has 128 valence electrons. The van der Waals surface area contributed by atoms with Gasteiger partial charge < -0.3 is 15.0 Å². The largest absolute Gasteiger partial charge is 0.448 e. The molecule has 0 spiro atoms. The number of nitrogens with one attached hydrogen (secondary N) is 2. The zero-order valence-electron chi connectivity index (χ0n) is 13.1. The first kappa shape index (κ1) is 16.5. The third kappa shape index (κ3) is 3.59. The molecule has 0 bridgehead atoms. The number of esters is 1. The Morgan fingerprint density at radius 2 is 2.08 bits per heavy atom. The number of para-hydroxylation sites is 1. The second-order valence-electron chi connectivity index (χ2n) is 5.93. The number of carbonyl (C=O) groups excluding carboxylic acids is 2. The zero-order valence-corrected chi connectivity index (χ0v) is 13.9. The number of carbonyl (C=O) groups is 2. The monoisotopic (exact) mass is 350 g/mol. The van der Waals surface area contributed by atoms with Gasteiger partial charge in [-0.1, -0.05) is 18.2 Å². The number of hydrogen-bond acceptors (Lipinski definition) is 5. The number of hydrogen-bond donors (Lipinski definition) is 2. The van der Waals surface area contributed by atoms with Gasteiger partial charge in [-0.05, 0) is 25.5 Å². The van der Waals surface area contributed by atoms with E-state index in [0.29, 0.717) is 6.42 Å². The van der Waals surface area contributed by atoms with Gasteiger partial charge in [-0.3, -0.25) is 4.79 Å². The lowest BCUT2D eigenvalue weighted by Gasteiger charge is -2.16. The number of sulfone groups is 1. The minimum atomic E-state index is -3.08. The number of rotatable bonds is 4. The van der Waals surface area contributed by atoms with Gasteiger partial charge in [0.25, 0.3) is 5.91 Å². The van der Waals surface area contributed by atoms with Crippen LogP contribution >= 0.6 is 0 Å². The van der Waals surface area contributed by atoms with Crippen molar-refractivity contribution in [3.05, 3.63) is 36.0 Å². The molecule has 0 aliphatic carbocycles. The Hall–Kier alpha value is -2.35. The SMILES string of the molecule is C[C@@H](OC(=O)c1cc2ccccc2[nH]1)C(=O)N[C@H]1CCS(=O)(=O)C1. The molecule has 1 aliphatic rings. The summed E-state index contributed by atoms with van der Waals surface area (Å²) in [6, 6.07) is 8.64. The van der Waals surface area contributed by atoms with Crippen molar-refractivity contribution in [2.24, 2.45) is 0 Å². The Labute approximate surface area is 139 Å². The summed E-state index contributed by atoms with van der Waals surface area (Å²) < 4.78 is 28.0. The van der Waals surface area contributed by atoms with E-state index in [-0.39, 0.29) is 17.2 Å². The second-order valence-corrected chi connectivity index (χ2v) is 8.16. The highest BCUT2D eigenvalue weighted by Gasteiger charge is 2.30. The normalized spacial score (nSPS) is 20.6. The molecule has 0 unspecified atom stereocenters. The fraction of sp³-hybridized carbons (Fsp3) is 0.375. The highest BCUT2D eigenvalue weighted by molar-refractivity contribution is 7.91. The first-order chi connectivity index (χ1) is 11.3. The van der Waals surface area contributed by atoms with E-state index in [4.69, 9.17) is 4.74 Å². The highest BCUT2D eigenvalue weighted by Crippen LogP contribution is 2.16. The number of amides is 1. The van der Waals surface area contributed by atoms with Crippen molar-refractivity contribution in [2.75, 3.05) is 11.5 Å². The summed E-state index contributed by atoms with van der Waals surface area (Å²) in [6.07, 6.45) is -0.622. The van der Waals surface area contributed by atoms with Crippen LogP contribution < -0.4 is 5.32 Å². The topological polar surface area (TPSA) is 105 Å². The van der Waals surface area contributed by atoms with E-state index < -0.39 is 33.9 Å². The number of benzene rings is 1. The maximum absolute atomic E-state index is 12.1. The third-order valence-corrected chi connectivity index (χ3v) is 5.75. The van der Waals surface area contributed by atoms with E-state index in [1.54, 1.807) is 6.07 Å². The minimum absolute atomic E-state index is 0.0680. The summed E-state index contributed by atoms with van der Waals surface area (Å²) in [5.74, 6) is -1.13. The number of H-pyrrole nitrogens is 1. The molecule has 2 aromatic rings. The molecule has 1 aromatic carbocycles. The van der Waals surface area contributed by atoms with Crippen LogP contribution in [0.15, 0.2) is 30.3 Å². The average Bonchev–Trinajstić information content (AvgIpc) is 3.10. The maximum atomic E-state index is 12.1. The van der Waals surface area contributed by atoms with Crippen LogP contribution in [0.4, 0.5) is 0 Å². The standard InChI is InChI=1S/C16H18N2O5S/c1-10(15(19)17-12-6-7-24(21,22)9-12)23-16(20)14-8-11-4-2-3-5-13(11)18-14/h2-5,8,10,12,18H,6-7,9H2,1H3,(H,17,19)/t10-,12+/m1/s1. The number of aromatic amines is 1. The Kier molecular flexibility index (Phi) is 4.31. The van der Waals surface area contributed by atoms with Crippen LogP contribution in [0.5, 0.6) is 0 Å². The van der Waals surface area contributed by atoms with Crippen LogP contribution in [-0.4, -0.2) is 48.9 Å². The van der Waals surface area contributed by atoms with Crippen LogP contribution in [0.2, 0.25) is 0 Å². The molecule has 2 heterocycles. The number of ether oxygens (including phenoxy) is 1. The van der Waals surface area contributed by atoms with Crippen molar-refractivity contribution < 1.29 is 22.7 Å². The van der Waals surface area contributed by atoms with Crippen LogP contribution in [0.1, 0.15) is 23.8 Å². The average molecular weight is 350 g/mol. The van der Waals surface area contributed by atoms with Gasteiger partial charge in [-0.15, -0.1) is 0 Å². The molecule has 8 heteroatoms. The molecule has 0 saturated carbocycles. The first-order valence-corrected chi connectivity index (χ1v) is 9.46. The van der Waals surface area contributed by atoms with E-state index >= 15 is 0 Å². The molecule has 1 aliphatic heterocycles. The van der Waals surface area contributed by atoms with Crippen LogP contribution in [-0.2, 0) is 19.4 Å². The van der Waals surface area contributed by atoms with Crippen LogP contribution in [0.25, 0.3) is 10.9 Å². The molecule has 1 saturated heterocycles. The van der Waals surface area contributed by atoms with Crippen LogP contribution in [0.3, 0.4) is 0 Å². The number of fused-ring (bicyclic) bond motifs is 1. The lowest BCUT2D eigenvalue weighted by Crippen LogP contribution is -2.42. The third-order valence-electron chi connectivity index (χ3n) is 3.98. The second kappa shape index (κ2) is 6.27. The molecular formula is C16H18N2O5S. The Morgan fingerprint density at radius 3 is 2.75 bits per heavy atom. The molecule has 0 radical (unpaired) electrons. The van der Waals surface area contributed by atoms with Gasteiger partial charge in [-0.25, -0.2) is 13.2 Å². The summed E-state index contributed by atoms with van der Waals surface area (Å²) in [7, 11) is -3.08. The van der Waals surface area contributed by atoms with Crippen molar-refractivity contribution in [1.29, 1.82) is 0 Å². The molecule has 3 rings (SSSR count). The Morgan fingerprint density at radius 1 is 1.33 bits per heavy atom. The molecule has 1 amide bonds. The maximum Gasteiger partial charge on any atom is 0.355 e. The fourth-order valence-electron chi connectivity index (χ4n) is 2.69. The molecule has 1 fully saturated rings. The summed E-state index contributed by atoms with van der Waals surface area (Å²) in [4.78, 5) is 27.1. The Balaban J connectivity index is 1.60. The van der Waals surface area contributed by atoms with Gasteiger partial charge in [0.05, 0.1) is 11.5 Å². The molecular weight excluding hydrogens is 332 g/mol. The predicted octanol–water partition coefficient (Wildman–Crippen LogP) is 1.02. The predicted molar refractivity (Wildman–Crippen MR) is 88.4 cm³/mol. The summed E-state index contributed by atoms with van der Waals surface area (Å²) >= 11 is 0. The molecule has 1 aromatic heterocycles. The van der Waals surface area contributed by atoms with Gasteiger partial charge in [0.15, 0.2) is 15.9 Å². The van der Waals surface area contributed by atoms with Gasteiger partial charge in [-0.2, -0.15) is 0 Å². The van der Waals surface area contributed by atoms with E-state index in [2.05, 4.69) is 10.3 Å². The van der Waals surface area contributed by atoms with E-state index in [1.807, 2.05) is 24.3 Å². The summed E-state index contributed by atoms with van der Waals surface area (Å²) in [6.45, 7) is 1.46. The van der Waals surface area contributed by atoms with Crippen molar-refractivity contribution in [3.8, 4) is 0 Å². The van der Waals surface area contributed by atoms with Gasteiger partial charge >= 0.3 is 5.97 Å². The van der Waals surface area contributed by atoms with Crippen LogP contribution in [0, 0.1) is 0 Å². The van der Waals surface area contributed by atoms with E-state index in [9.17, 15) is 18.0 Å². The highest BCUT2D eigenvalue weighted by atomic mass is 32.2. The van der Waals surface area contributed by atoms with Crippen molar-refractivity contribution >= 4 is 32.6 Å². The molecule has 7 nitrogen and oxygen atoms in total. The fourth-order valence-corrected chi connectivity index (χ4v) is 4.36. The Bertz CT molecular complexity index is 854. The summed E-state index contributed by atoms with van der Waals surface area (Å²) in [5.41, 5.74) is 1.07. The summed E-state index contributed by atoms with van der Waals surface area (Å²) in [5, 5.41) is 3.49. The molecule has 2 atom stereocenters. The molecule has 2 N–H and O–H groups in total. The molecule has 24 heavy (non-hydrogen) atoms. The van der Waals surface area contributed by atoms with Gasteiger partial charge in [0, 0.05) is 16.9 Å². The van der Waals surface area contributed by atoms with E-state index in [1.165, 1.54) is 6.92 Å².